The molecule has 84 valence electrons. The lowest BCUT2D eigenvalue weighted by Gasteiger charge is -2.30. The van der Waals surface area contributed by atoms with E-state index in [0.717, 1.165) is 5.57 Å². The third kappa shape index (κ3) is 1.73. The lowest BCUT2D eigenvalue weighted by molar-refractivity contribution is 0.487. The second-order valence-electron chi connectivity index (χ2n) is 4.86. The Bertz CT molecular complexity index is 437. The van der Waals surface area contributed by atoms with Gasteiger partial charge in [-0.25, -0.2) is 0 Å². The summed E-state index contributed by atoms with van der Waals surface area (Å²) in [5.41, 5.74) is 5.41. The molecule has 0 spiro atoms. The molecule has 1 aliphatic rings. The van der Waals surface area contributed by atoms with Crippen molar-refractivity contribution in [2.45, 2.75) is 33.1 Å². The van der Waals surface area contributed by atoms with Crippen molar-refractivity contribution in [3.63, 3.8) is 0 Å². The van der Waals surface area contributed by atoms with Crippen LogP contribution < -0.4 is 0 Å². The van der Waals surface area contributed by atoms with Gasteiger partial charge < -0.3 is 0 Å². The van der Waals surface area contributed by atoms with Crippen molar-refractivity contribution in [2.24, 2.45) is 5.92 Å². The zero-order valence-electron chi connectivity index (χ0n) is 10.5. The van der Waals surface area contributed by atoms with Crippen molar-refractivity contribution in [3.05, 3.63) is 53.6 Å². The third-order valence-corrected chi connectivity index (χ3v) is 3.75. The number of hydrogen-bond donors (Lipinski definition) is 0. The van der Waals surface area contributed by atoms with Crippen LogP contribution in [-0.4, -0.2) is 0 Å². The van der Waals surface area contributed by atoms with Gasteiger partial charge in [0.25, 0.3) is 0 Å². The fourth-order valence-corrected chi connectivity index (χ4v) is 2.74. The van der Waals surface area contributed by atoms with E-state index in [1.54, 1.807) is 0 Å². The fraction of sp³-hybridized carbons (Fsp3) is 0.375. The van der Waals surface area contributed by atoms with E-state index in [2.05, 4.69) is 57.7 Å². The van der Waals surface area contributed by atoms with Crippen LogP contribution in [0.4, 0.5) is 0 Å². The van der Waals surface area contributed by atoms with E-state index in [1.807, 2.05) is 0 Å². The van der Waals surface area contributed by atoms with Crippen LogP contribution in [-0.2, 0) is 0 Å². The highest BCUT2D eigenvalue weighted by atomic mass is 14.3. The molecule has 0 saturated heterocycles. The molecule has 0 radical (unpaired) electrons. The van der Waals surface area contributed by atoms with Gasteiger partial charge in [0, 0.05) is 5.92 Å². The van der Waals surface area contributed by atoms with Crippen LogP contribution >= 0.6 is 0 Å². The van der Waals surface area contributed by atoms with Gasteiger partial charge in [0.05, 0.1) is 0 Å². The van der Waals surface area contributed by atoms with Crippen LogP contribution in [0.5, 0.6) is 0 Å². The Labute approximate surface area is 98.7 Å². The summed E-state index contributed by atoms with van der Waals surface area (Å²) in [5, 5.41) is 0. The van der Waals surface area contributed by atoms with Crippen molar-refractivity contribution in [1.29, 1.82) is 0 Å². The average molecular weight is 212 g/mol. The van der Waals surface area contributed by atoms with Crippen molar-refractivity contribution < 1.29 is 0 Å². The first kappa shape index (κ1) is 11.2. The number of fused-ring (bicyclic) bond motifs is 1. The van der Waals surface area contributed by atoms with Crippen molar-refractivity contribution in [2.75, 3.05) is 0 Å². The SMILES string of the molecule is C=C1C=C(C)C([C@H](C)CC)c2ccccc21. The van der Waals surface area contributed by atoms with Gasteiger partial charge in [0.2, 0.25) is 0 Å². The predicted molar refractivity (Wildman–Crippen MR) is 71.4 cm³/mol. The maximum atomic E-state index is 4.15. The van der Waals surface area contributed by atoms with E-state index in [0.29, 0.717) is 11.8 Å². The largest absolute Gasteiger partial charge is 0.0912 e. The summed E-state index contributed by atoms with van der Waals surface area (Å²) in [6.07, 6.45) is 3.47. The molecule has 0 N–H and O–H groups in total. The molecule has 2 atom stereocenters. The Morgan fingerprint density at radius 1 is 1.31 bits per heavy atom. The Kier molecular flexibility index (Phi) is 3.00. The number of allylic oxidation sites excluding steroid dienone is 3. The van der Waals surface area contributed by atoms with Gasteiger partial charge in [-0.1, -0.05) is 62.8 Å². The second-order valence-corrected chi connectivity index (χ2v) is 4.86. The predicted octanol–water partition coefficient (Wildman–Crippen LogP) is 4.79. The lowest BCUT2D eigenvalue weighted by atomic mass is 9.74. The molecule has 1 unspecified atom stereocenters. The highest BCUT2D eigenvalue weighted by Gasteiger charge is 2.25. The molecule has 2 rings (SSSR count). The highest BCUT2D eigenvalue weighted by Crippen LogP contribution is 2.41. The number of rotatable bonds is 2. The molecule has 0 heteroatoms. The molecule has 0 bridgehead atoms. The molecule has 0 fully saturated rings. The molecule has 1 aromatic rings. The summed E-state index contributed by atoms with van der Waals surface area (Å²) in [6.45, 7) is 11.0. The normalized spacial score (nSPS) is 21.3. The molecular weight excluding hydrogens is 192 g/mol. The van der Waals surface area contributed by atoms with Crippen LogP contribution in [0.15, 0.2) is 42.5 Å². The maximum absolute atomic E-state index is 4.15. The molecule has 0 amide bonds. The van der Waals surface area contributed by atoms with Crippen LogP contribution in [0.2, 0.25) is 0 Å². The van der Waals surface area contributed by atoms with Crippen LogP contribution in [0, 0.1) is 5.92 Å². The van der Waals surface area contributed by atoms with Gasteiger partial charge in [-0.05, 0) is 29.5 Å². The molecule has 0 nitrogen and oxygen atoms in total. The Morgan fingerprint density at radius 2 is 2.00 bits per heavy atom. The Morgan fingerprint density at radius 3 is 2.69 bits per heavy atom. The molecule has 16 heavy (non-hydrogen) atoms. The zero-order chi connectivity index (χ0) is 11.7. The van der Waals surface area contributed by atoms with E-state index in [4.69, 9.17) is 0 Å². The topological polar surface area (TPSA) is 0 Å². The smallest absolute Gasteiger partial charge is 0.00804 e. The van der Waals surface area contributed by atoms with E-state index in [9.17, 15) is 0 Å². The molecule has 1 aliphatic carbocycles. The van der Waals surface area contributed by atoms with E-state index in [1.165, 1.54) is 23.1 Å². The summed E-state index contributed by atoms with van der Waals surface area (Å²) in [5.74, 6) is 1.28. The molecular formula is C16H20. The van der Waals surface area contributed by atoms with Crippen LogP contribution in [0.3, 0.4) is 0 Å². The van der Waals surface area contributed by atoms with Gasteiger partial charge in [0.15, 0.2) is 0 Å². The first-order valence-corrected chi connectivity index (χ1v) is 6.11. The molecule has 1 aromatic carbocycles. The van der Waals surface area contributed by atoms with E-state index in [-0.39, 0.29) is 0 Å². The third-order valence-electron chi connectivity index (χ3n) is 3.75. The zero-order valence-corrected chi connectivity index (χ0v) is 10.5. The molecule has 0 aromatic heterocycles. The van der Waals surface area contributed by atoms with Gasteiger partial charge in [-0.15, -0.1) is 0 Å². The summed E-state index contributed by atoms with van der Waals surface area (Å²) < 4.78 is 0. The first-order chi connectivity index (χ1) is 7.65. The molecule has 0 saturated carbocycles. The second kappa shape index (κ2) is 4.29. The summed E-state index contributed by atoms with van der Waals surface area (Å²) in [4.78, 5) is 0. The average Bonchev–Trinajstić information content (AvgIpc) is 2.28. The van der Waals surface area contributed by atoms with Crippen LogP contribution in [0.25, 0.3) is 5.57 Å². The maximum Gasteiger partial charge on any atom is 0.00804 e. The highest BCUT2D eigenvalue weighted by molar-refractivity contribution is 5.78. The van der Waals surface area contributed by atoms with Crippen molar-refractivity contribution in [3.8, 4) is 0 Å². The quantitative estimate of drug-likeness (QED) is 0.661. The van der Waals surface area contributed by atoms with Gasteiger partial charge in [-0.2, -0.15) is 0 Å². The molecule has 0 heterocycles. The Hall–Kier alpha value is -1.30. The number of benzene rings is 1. The standard InChI is InChI=1S/C16H20/c1-5-11(2)16-13(4)10-12(3)14-8-6-7-9-15(14)16/h6-11,16H,3,5H2,1-2,4H3/t11-,16?/m1/s1. The fourth-order valence-electron chi connectivity index (χ4n) is 2.74. The van der Waals surface area contributed by atoms with Gasteiger partial charge in [0.1, 0.15) is 0 Å². The van der Waals surface area contributed by atoms with Crippen molar-refractivity contribution in [1.82, 2.24) is 0 Å². The van der Waals surface area contributed by atoms with Gasteiger partial charge in [-0.3, -0.25) is 0 Å². The number of hydrogen-bond acceptors (Lipinski definition) is 0. The van der Waals surface area contributed by atoms with E-state index < -0.39 is 0 Å². The summed E-state index contributed by atoms with van der Waals surface area (Å²) in [7, 11) is 0. The first-order valence-electron chi connectivity index (χ1n) is 6.11. The van der Waals surface area contributed by atoms with E-state index >= 15 is 0 Å². The summed E-state index contributed by atoms with van der Waals surface area (Å²) >= 11 is 0. The molecule has 0 aliphatic heterocycles. The van der Waals surface area contributed by atoms with Gasteiger partial charge >= 0.3 is 0 Å². The minimum atomic E-state index is 0.576. The lowest BCUT2D eigenvalue weighted by Crippen LogP contribution is -2.15. The van der Waals surface area contributed by atoms with Crippen molar-refractivity contribution >= 4 is 5.57 Å². The minimum absolute atomic E-state index is 0.576. The summed E-state index contributed by atoms with van der Waals surface area (Å²) in [6, 6.07) is 8.69. The van der Waals surface area contributed by atoms with Crippen LogP contribution in [0.1, 0.15) is 44.2 Å². The Balaban J connectivity index is 2.53. The minimum Gasteiger partial charge on any atom is -0.0912 e. The monoisotopic (exact) mass is 212 g/mol.